The summed E-state index contributed by atoms with van der Waals surface area (Å²) in [6.45, 7) is 0. The molecule has 0 fully saturated rings. The summed E-state index contributed by atoms with van der Waals surface area (Å²) in [5.41, 5.74) is 0. The Morgan fingerprint density at radius 1 is 1.27 bits per heavy atom. The summed E-state index contributed by atoms with van der Waals surface area (Å²) in [7, 11) is 1.46. The van der Waals surface area contributed by atoms with Crippen LogP contribution < -0.4 is 9.47 Å². The molecule has 0 spiro atoms. The van der Waals surface area contributed by atoms with Crippen LogP contribution in [0.4, 0.5) is 13.2 Å². The fourth-order valence-electron chi connectivity index (χ4n) is 1.01. The maximum atomic E-state index is 11.9. The van der Waals surface area contributed by atoms with Crippen molar-refractivity contribution >= 4 is 11.8 Å². The van der Waals surface area contributed by atoms with Crippen LogP contribution in [0.25, 0.3) is 0 Å². The highest BCUT2D eigenvalue weighted by atomic mass is 32.2. The first-order chi connectivity index (χ1) is 6.96. The first-order valence-corrected chi connectivity index (χ1v) is 5.16. The normalized spacial score (nSPS) is 11.3. The van der Waals surface area contributed by atoms with E-state index in [-0.39, 0.29) is 5.75 Å². The molecule has 0 atom stereocenters. The molecule has 0 aliphatic carbocycles. The number of hydrogen-bond acceptors (Lipinski definition) is 3. The summed E-state index contributed by atoms with van der Waals surface area (Å²) in [6.07, 6.45) is -2.92. The van der Waals surface area contributed by atoms with Crippen LogP contribution >= 0.6 is 11.8 Å². The monoisotopic (exact) mass is 238 g/mol. The van der Waals surface area contributed by atoms with Crippen molar-refractivity contribution in [3.8, 4) is 11.5 Å². The zero-order valence-corrected chi connectivity index (χ0v) is 8.91. The van der Waals surface area contributed by atoms with Gasteiger partial charge in [0.05, 0.1) is 12.0 Å². The lowest BCUT2D eigenvalue weighted by molar-refractivity contribution is -0.274. The number of thioether (sulfide) groups is 1. The Morgan fingerprint density at radius 2 is 1.93 bits per heavy atom. The van der Waals surface area contributed by atoms with E-state index in [0.29, 0.717) is 10.6 Å². The molecule has 15 heavy (non-hydrogen) atoms. The van der Waals surface area contributed by atoms with Gasteiger partial charge < -0.3 is 9.47 Å². The van der Waals surface area contributed by atoms with E-state index in [2.05, 4.69) is 4.74 Å². The minimum Gasteiger partial charge on any atom is -0.496 e. The molecular formula is C9H9F3O2S. The van der Waals surface area contributed by atoms with Gasteiger partial charge in [0.1, 0.15) is 11.5 Å². The van der Waals surface area contributed by atoms with E-state index >= 15 is 0 Å². The Bertz CT molecular complexity index is 339. The molecule has 0 heterocycles. The van der Waals surface area contributed by atoms with Gasteiger partial charge in [0.15, 0.2) is 0 Å². The number of benzene rings is 1. The minimum absolute atomic E-state index is 0.243. The Morgan fingerprint density at radius 3 is 2.40 bits per heavy atom. The van der Waals surface area contributed by atoms with E-state index in [1.807, 2.05) is 0 Å². The second-order valence-corrected chi connectivity index (χ2v) is 3.41. The summed E-state index contributed by atoms with van der Waals surface area (Å²) < 4.78 is 44.4. The van der Waals surface area contributed by atoms with Crippen LogP contribution in [0.15, 0.2) is 23.1 Å². The van der Waals surface area contributed by atoms with Crippen LogP contribution in [0.2, 0.25) is 0 Å². The molecule has 0 bridgehead atoms. The summed E-state index contributed by atoms with van der Waals surface area (Å²) >= 11 is 1.29. The van der Waals surface area contributed by atoms with Gasteiger partial charge >= 0.3 is 6.36 Å². The minimum atomic E-state index is -4.66. The summed E-state index contributed by atoms with van der Waals surface area (Å²) in [5.74, 6) is 0.282. The zero-order valence-electron chi connectivity index (χ0n) is 8.09. The second kappa shape index (κ2) is 4.65. The molecule has 0 N–H and O–H groups in total. The fourth-order valence-corrected chi connectivity index (χ4v) is 1.60. The molecular weight excluding hydrogens is 229 g/mol. The maximum Gasteiger partial charge on any atom is 0.573 e. The number of alkyl halides is 3. The molecule has 1 aromatic rings. The molecule has 6 heteroatoms. The number of rotatable bonds is 3. The van der Waals surface area contributed by atoms with E-state index in [1.165, 1.54) is 37.1 Å². The number of halogens is 3. The third-order valence-electron chi connectivity index (χ3n) is 1.59. The van der Waals surface area contributed by atoms with Gasteiger partial charge in [-0.2, -0.15) is 0 Å². The van der Waals surface area contributed by atoms with Crippen LogP contribution in [-0.4, -0.2) is 19.7 Å². The number of hydrogen-bond donors (Lipinski definition) is 0. The quantitative estimate of drug-likeness (QED) is 0.752. The van der Waals surface area contributed by atoms with Gasteiger partial charge in [0.2, 0.25) is 0 Å². The number of methoxy groups -OCH3 is 1. The Hall–Kier alpha value is -1.04. The molecule has 0 aromatic heterocycles. The van der Waals surface area contributed by atoms with E-state index in [1.54, 1.807) is 6.26 Å². The van der Waals surface area contributed by atoms with Gasteiger partial charge in [-0.3, -0.25) is 0 Å². The van der Waals surface area contributed by atoms with Gasteiger partial charge in [-0.05, 0) is 24.5 Å². The molecule has 2 nitrogen and oxygen atoms in total. The van der Waals surface area contributed by atoms with Gasteiger partial charge in [-0.1, -0.05) is 0 Å². The largest absolute Gasteiger partial charge is 0.573 e. The summed E-state index contributed by atoms with van der Waals surface area (Å²) in [4.78, 5) is 0.597. The van der Waals surface area contributed by atoms with E-state index in [4.69, 9.17) is 4.74 Å². The van der Waals surface area contributed by atoms with Gasteiger partial charge in [-0.25, -0.2) is 0 Å². The van der Waals surface area contributed by atoms with Crippen LogP contribution in [0.1, 0.15) is 0 Å². The number of ether oxygens (including phenoxy) is 2. The van der Waals surface area contributed by atoms with Gasteiger partial charge in [0.25, 0.3) is 0 Å². The molecule has 0 saturated carbocycles. The summed E-state index contributed by atoms with van der Waals surface area (Å²) in [5, 5.41) is 0. The van der Waals surface area contributed by atoms with Crippen LogP contribution in [-0.2, 0) is 0 Å². The van der Waals surface area contributed by atoms with Gasteiger partial charge in [-0.15, -0.1) is 24.9 Å². The molecule has 0 unspecified atom stereocenters. The lowest BCUT2D eigenvalue weighted by atomic mass is 10.3. The highest BCUT2D eigenvalue weighted by Gasteiger charge is 2.31. The van der Waals surface area contributed by atoms with Crippen molar-refractivity contribution in [3.05, 3.63) is 18.2 Å². The van der Waals surface area contributed by atoms with Crippen molar-refractivity contribution in [2.45, 2.75) is 11.3 Å². The van der Waals surface area contributed by atoms with Crippen molar-refractivity contribution in [2.75, 3.05) is 13.4 Å². The SMILES string of the molecule is COc1ccc(OC(F)(F)F)cc1SC. The zero-order chi connectivity index (χ0) is 11.5. The smallest absolute Gasteiger partial charge is 0.496 e. The molecule has 0 radical (unpaired) electrons. The first-order valence-electron chi connectivity index (χ1n) is 3.94. The van der Waals surface area contributed by atoms with Gasteiger partial charge in [0, 0.05) is 0 Å². The topological polar surface area (TPSA) is 18.5 Å². The molecule has 84 valence electrons. The third kappa shape index (κ3) is 3.54. The van der Waals surface area contributed by atoms with Crippen molar-refractivity contribution in [2.24, 2.45) is 0 Å². The standard InChI is InChI=1S/C9H9F3O2S/c1-13-7-4-3-6(5-8(7)15-2)14-9(10,11)12/h3-5H,1-2H3. The molecule has 0 aliphatic heterocycles. The van der Waals surface area contributed by atoms with Crippen molar-refractivity contribution in [1.82, 2.24) is 0 Å². The van der Waals surface area contributed by atoms with Crippen LogP contribution in [0, 0.1) is 0 Å². The Labute approximate surface area is 89.4 Å². The van der Waals surface area contributed by atoms with E-state index in [0.717, 1.165) is 0 Å². The van der Waals surface area contributed by atoms with Crippen molar-refractivity contribution in [1.29, 1.82) is 0 Å². The van der Waals surface area contributed by atoms with Crippen molar-refractivity contribution in [3.63, 3.8) is 0 Å². The highest BCUT2D eigenvalue weighted by Crippen LogP contribution is 2.33. The Kier molecular flexibility index (Phi) is 3.73. The predicted octanol–water partition coefficient (Wildman–Crippen LogP) is 3.32. The maximum absolute atomic E-state index is 11.9. The molecule has 1 aromatic carbocycles. The lowest BCUT2D eigenvalue weighted by Gasteiger charge is -2.11. The van der Waals surface area contributed by atoms with Crippen LogP contribution in [0.3, 0.4) is 0 Å². The first kappa shape index (κ1) is 12.0. The summed E-state index contributed by atoms with van der Waals surface area (Å²) in [6, 6.07) is 3.94. The lowest BCUT2D eigenvalue weighted by Crippen LogP contribution is -2.17. The van der Waals surface area contributed by atoms with Crippen LogP contribution in [0.5, 0.6) is 11.5 Å². The van der Waals surface area contributed by atoms with Crippen molar-refractivity contribution < 1.29 is 22.6 Å². The molecule has 0 amide bonds. The Balaban J connectivity index is 2.93. The fraction of sp³-hybridized carbons (Fsp3) is 0.333. The van der Waals surface area contributed by atoms with E-state index in [9.17, 15) is 13.2 Å². The predicted molar refractivity (Wildman–Crippen MR) is 51.5 cm³/mol. The van der Waals surface area contributed by atoms with E-state index < -0.39 is 6.36 Å². The highest BCUT2D eigenvalue weighted by molar-refractivity contribution is 7.98. The average Bonchev–Trinajstić information content (AvgIpc) is 2.15. The molecule has 0 aliphatic rings. The third-order valence-corrected chi connectivity index (χ3v) is 2.35. The molecule has 1 rings (SSSR count). The second-order valence-electron chi connectivity index (χ2n) is 2.56. The average molecular weight is 238 g/mol. The molecule has 0 saturated heterocycles.